The van der Waals surface area contributed by atoms with Crippen LogP contribution in [0.2, 0.25) is 5.02 Å². The first kappa shape index (κ1) is 22.3. The highest BCUT2D eigenvalue weighted by molar-refractivity contribution is 7.73. The van der Waals surface area contributed by atoms with Crippen LogP contribution in [-0.2, 0) is 6.42 Å². The lowest BCUT2D eigenvalue weighted by atomic mass is 10.0. The van der Waals surface area contributed by atoms with Gasteiger partial charge in [-0.25, -0.2) is 0 Å². The number of halogens is 1. The topological polar surface area (TPSA) is 48.0 Å². The van der Waals surface area contributed by atoms with E-state index in [-0.39, 0.29) is 6.04 Å². The van der Waals surface area contributed by atoms with Crippen LogP contribution >= 0.6 is 35.2 Å². The molecule has 2 unspecified atom stereocenters. The van der Waals surface area contributed by atoms with Crippen molar-refractivity contribution in [2.24, 2.45) is 0 Å². The number of hydrogen-bond donors (Lipinski definition) is 3. The Kier molecular flexibility index (Phi) is 10.3. The van der Waals surface area contributed by atoms with Gasteiger partial charge in [-0.2, -0.15) is 0 Å². The molecule has 2 aromatic rings. The second-order valence-electron chi connectivity index (χ2n) is 6.73. The van der Waals surface area contributed by atoms with Gasteiger partial charge in [0, 0.05) is 35.1 Å². The molecule has 2 rings (SSSR count). The van der Waals surface area contributed by atoms with Gasteiger partial charge in [-0.1, -0.05) is 68.5 Å². The molecule has 0 fully saturated rings. The van der Waals surface area contributed by atoms with E-state index in [1.54, 1.807) is 11.3 Å². The third-order valence-electron chi connectivity index (χ3n) is 4.51. The van der Waals surface area contributed by atoms with Gasteiger partial charge >= 0.3 is 0 Å². The fourth-order valence-electron chi connectivity index (χ4n) is 2.93. The van der Waals surface area contributed by atoms with Crippen LogP contribution in [0.4, 0.5) is 0 Å². The van der Waals surface area contributed by atoms with Crippen molar-refractivity contribution in [3.05, 3.63) is 56.0 Å². The van der Waals surface area contributed by atoms with Gasteiger partial charge in [0.1, 0.15) is 0 Å². The Bertz CT molecular complexity index is 739. The number of unbranched alkanes of at least 4 members (excludes halogenated alkanes) is 3. The third kappa shape index (κ3) is 8.71. The molecule has 1 aromatic heterocycles. The molecule has 3 nitrogen and oxygen atoms in total. The van der Waals surface area contributed by atoms with Gasteiger partial charge < -0.3 is 15.4 Å². The lowest BCUT2D eigenvalue weighted by molar-refractivity contribution is 0.165. The largest absolute Gasteiger partial charge is 0.387 e. The fraction of sp³-hybridized carbons (Fsp3) is 0.476. The van der Waals surface area contributed by atoms with Crippen molar-refractivity contribution in [3.63, 3.8) is 0 Å². The minimum atomic E-state index is -0.525. The molecule has 0 radical (unpaired) electrons. The van der Waals surface area contributed by atoms with Crippen molar-refractivity contribution in [2.75, 3.05) is 6.54 Å². The zero-order valence-corrected chi connectivity index (χ0v) is 18.2. The average Bonchev–Trinajstić information content (AvgIpc) is 3.08. The number of benzene rings is 1. The Morgan fingerprint density at radius 1 is 1.26 bits per heavy atom. The summed E-state index contributed by atoms with van der Waals surface area (Å²) in [5.41, 5.74) is 2.18. The van der Waals surface area contributed by atoms with E-state index < -0.39 is 6.10 Å². The minimum absolute atomic E-state index is 0.0482. The number of hydrogen-bond acceptors (Lipinski definition) is 4. The maximum Gasteiger partial charge on any atom is 0.158 e. The van der Waals surface area contributed by atoms with Crippen LogP contribution in [0.5, 0.6) is 0 Å². The van der Waals surface area contributed by atoms with Crippen LogP contribution in [0.25, 0.3) is 6.08 Å². The summed E-state index contributed by atoms with van der Waals surface area (Å²) in [4.78, 5) is 3.20. The van der Waals surface area contributed by atoms with Crippen LogP contribution in [-0.4, -0.2) is 28.8 Å². The molecule has 1 heterocycles. The van der Waals surface area contributed by atoms with E-state index in [9.17, 15) is 5.11 Å². The summed E-state index contributed by atoms with van der Waals surface area (Å²) < 4.78 is 0.812. The van der Waals surface area contributed by atoms with Crippen molar-refractivity contribution < 1.29 is 5.11 Å². The molecular weight excluding hydrogens is 396 g/mol. The second-order valence-corrected chi connectivity index (χ2v) is 8.72. The Labute approximate surface area is 176 Å². The summed E-state index contributed by atoms with van der Waals surface area (Å²) in [6, 6.07) is 7.67. The number of aliphatic hydroxyl groups is 1. The number of nitrogens with one attached hydrogen (secondary N) is 2. The standard InChI is InChI=1S/C21H29ClN2OS2/c1-2-3-4-5-6-19(23-14-13-18-15-27-21(26)24-18)20(25)12-9-16-7-10-17(22)11-8-16/h7-12,15,19-20,23,25H,2-6,13-14H2,1H3,(H,24,26)/b12-9+. The summed E-state index contributed by atoms with van der Waals surface area (Å²) in [6.07, 6.45) is 9.94. The van der Waals surface area contributed by atoms with Crippen molar-refractivity contribution in [1.29, 1.82) is 0 Å². The van der Waals surface area contributed by atoms with Crippen molar-refractivity contribution in [1.82, 2.24) is 10.3 Å². The lowest BCUT2D eigenvalue weighted by Crippen LogP contribution is -2.40. The van der Waals surface area contributed by atoms with Gasteiger partial charge in [-0.3, -0.25) is 0 Å². The van der Waals surface area contributed by atoms with E-state index in [1.165, 1.54) is 19.3 Å². The van der Waals surface area contributed by atoms with E-state index in [1.807, 2.05) is 36.4 Å². The Morgan fingerprint density at radius 2 is 2.04 bits per heavy atom. The molecule has 1 aromatic carbocycles. The van der Waals surface area contributed by atoms with E-state index in [0.29, 0.717) is 0 Å². The van der Waals surface area contributed by atoms with Crippen LogP contribution < -0.4 is 5.32 Å². The summed E-state index contributed by atoms with van der Waals surface area (Å²) in [5.74, 6) is 0. The highest BCUT2D eigenvalue weighted by Gasteiger charge is 2.15. The maximum atomic E-state index is 10.7. The highest BCUT2D eigenvalue weighted by atomic mass is 35.5. The first-order chi connectivity index (χ1) is 13.1. The first-order valence-electron chi connectivity index (χ1n) is 9.60. The number of thiazole rings is 1. The van der Waals surface area contributed by atoms with Crippen molar-refractivity contribution in [3.8, 4) is 0 Å². The smallest absolute Gasteiger partial charge is 0.158 e. The van der Waals surface area contributed by atoms with Crippen molar-refractivity contribution in [2.45, 2.75) is 57.6 Å². The number of aromatic nitrogens is 1. The molecule has 0 saturated carbocycles. The molecule has 0 spiro atoms. The summed E-state index contributed by atoms with van der Waals surface area (Å²) in [7, 11) is 0. The second kappa shape index (κ2) is 12.5. The molecule has 0 amide bonds. The van der Waals surface area contributed by atoms with Gasteiger partial charge in [-0.05, 0) is 36.3 Å². The third-order valence-corrected chi connectivity index (χ3v) is 5.87. The molecule has 2 atom stereocenters. The fourth-order valence-corrected chi connectivity index (χ4v) is 3.95. The molecule has 0 aliphatic rings. The van der Waals surface area contributed by atoms with Crippen LogP contribution in [0.3, 0.4) is 0 Å². The van der Waals surface area contributed by atoms with Crippen molar-refractivity contribution >= 4 is 41.2 Å². The van der Waals surface area contributed by atoms with Gasteiger partial charge in [0.15, 0.2) is 3.95 Å². The van der Waals surface area contributed by atoms with E-state index in [0.717, 1.165) is 46.0 Å². The predicted molar refractivity (Wildman–Crippen MR) is 120 cm³/mol. The molecule has 0 bridgehead atoms. The molecular formula is C21H29ClN2OS2. The normalized spacial score (nSPS) is 13.9. The zero-order chi connectivity index (χ0) is 19.5. The quantitative estimate of drug-likeness (QED) is 0.289. The summed E-state index contributed by atoms with van der Waals surface area (Å²) >= 11 is 12.6. The van der Waals surface area contributed by atoms with Crippen LogP contribution in [0.15, 0.2) is 35.7 Å². The highest BCUT2D eigenvalue weighted by Crippen LogP contribution is 2.14. The van der Waals surface area contributed by atoms with Crippen LogP contribution in [0, 0.1) is 3.95 Å². The summed E-state index contributed by atoms with van der Waals surface area (Å²) in [6.45, 7) is 3.02. The minimum Gasteiger partial charge on any atom is -0.387 e. The number of rotatable bonds is 12. The molecule has 27 heavy (non-hydrogen) atoms. The van der Waals surface area contributed by atoms with E-state index in [4.69, 9.17) is 23.8 Å². The first-order valence-corrected chi connectivity index (χ1v) is 11.3. The van der Waals surface area contributed by atoms with Gasteiger partial charge in [0.25, 0.3) is 0 Å². The molecule has 3 N–H and O–H groups in total. The molecule has 148 valence electrons. The number of aromatic amines is 1. The van der Waals surface area contributed by atoms with E-state index in [2.05, 4.69) is 22.6 Å². The maximum absolute atomic E-state index is 10.7. The average molecular weight is 425 g/mol. The molecule has 0 aliphatic heterocycles. The predicted octanol–water partition coefficient (Wildman–Crippen LogP) is 6.00. The van der Waals surface area contributed by atoms with E-state index >= 15 is 0 Å². The van der Waals surface area contributed by atoms with Gasteiger partial charge in [-0.15, -0.1) is 11.3 Å². The Hall–Kier alpha value is -0.980. The monoisotopic (exact) mass is 424 g/mol. The SMILES string of the molecule is CCCCCCC(NCCc1csc(=S)[nH]1)C(O)/C=C/c1ccc(Cl)cc1. The zero-order valence-electron chi connectivity index (χ0n) is 15.8. The Balaban J connectivity index is 1.89. The number of aliphatic hydroxyl groups excluding tert-OH is 1. The lowest BCUT2D eigenvalue weighted by Gasteiger charge is -2.22. The van der Waals surface area contributed by atoms with Crippen LogP contribution in [0.1, 0.15) is 50.3 Å². The summed E-state index contributed by atoms with van der Waals surface area (Å²) in [5, 5.41) is 17.0. The molecule has 0 aliphatic carbocycles. The van der Waals surface area contributed by atoms with Gasteiger partial charge in [0.2, 0.25) is 0 Å². The molecule has 0 saturated heterocycles. The van der Waals surface area contributed by atoms with Gasteiger partial charge in [0.05, 0.1) is 6.10 Å². The number of H-pyrrole nitrogens is 1. The molecule has 6 heteroatoms. The Morgan fingerprint density at radius 3 is 2.70 bits per heavy atom.